The van der Waals surface area contributed by atoms with Crippen LogP contribution in [0.5, 0.6) is 11.5 Å². The Morgan fingerprint density at radius 2 is 1.90 bits per heavy atom. The van der Waals surface area contributed by atoms with Gasteiger partial charge in [0, 0.05) is 25.0 Å². The number of fused-ring (bicyclic) bond motifs is 1. The molecule has 0 N–H and O–H groups in total. The van der Waals surface area contributed by atoms with Gasteiger partial charge in [-0.2, -0.15) is 0 Å². The van der Waals surface area contributed by atoms with Gasteiger partial charge in [-0.15, -0.1) is 0 Å². The summed E-state index contributed by atoms with van der Waals surface area (Å²) in [6, 6.07) is 17.6. The number of hydrogen-bond donors (Lipinski definition) is 0. The van der Waals surface area contributed by atoms with Crippen molar-refractivity contribution in [3.05, 3.63) is 89.2 Å². The Morgan fingerprint density at radius 3 is 2.69 bits per heavy atom. The van der Waals surface area contributed by atoms with Crippen LogP contribution in [0.3, 0.4) is 0 Å². The molecule has 0 spiro atoms. The SMILES string of the molecule is COc1ccc(C(=O)N(C)[C@@H]2CCc3ccccc32)cc1OCc1ccncc1. The van der Waals surface area contributed by atoms with Gasteiger partial charge in [-0.05, 0) is 59.9 Å². The fourth-order valence-corrected chi connectivity index (χ4v) is 3.84. The lowest BCUT2D eigenvalue weighted by Gasteiger charge is -2.26. The largest absolute Gasteiger partial charge is 0.493 e. The lowest BCUT2D eigenvalue weighted by molar-refractivity contribution is 0.0730. The molecule has 0 saturated heterocycles. The second kappa shape index (κ2) is 8.35. The van der Waals surface area contributed by atoms with Crippen LogP contribution in [0.25, 0.3) is 0 Å². The normalized spacial score (nSPS) is 14.9. The van der Waals surface area contributed by atoms with Gasteiger partial charge < -0.3 is 14.4 Å². The van der Waals surface area contributed by atoms with E-state index in [-0.39, 0.29) is 11.9 Å². The number of carbonyl (C=O) groups excluding carboxylic acids is 1. The first-order valence-electron chi connectivity index (χ1n) is 9.72. The van der Waals surface area contributed by atoms with E-state index < -0.39 is 0 Å². The van der Waals surface area contributed by atoms with Crippen LogP contribution in [0.4, 0.5) is 0 Å². The average Bonchev–Trinajstić information content (AvgIpc) is 3.21. The zero-order valence-electron chi connectivity index (χ0n) is 16.7. The number of aromatic nitrogens is 1. The number of ether oxygens (including phenoxy) is 2. The van der Waals surface area contributed by atoms with Gasteiger partial charge in [0.05, 0.1) is 13.2 Å². The molecule has 29 heavy (non-hydrogen) atoms. The molecule has 1 aliphatic rings. The van der Waals surface area contributed by atoms with Crippen LogP contribution in [0.15, 0.2) is 67.0 Å². The number of nitrogens with zero attached hydrogens (tertiary/aromatic N) is 2. The Hall–Kier alpha value is -3.34. The summed E-state index contributed by atoms with van der Waals surface area (Å²) in [7, 11) is 3.47. The Bertz CT molecular complexity index is 1000. The molecule has 1 aliphatic carbocycles. The molecule has 4 rings (SSSR count). The molecule has 0 bridgehead atoms. The zero-order valence-corrected chi connectivity index (χ0v) is 16.7. The minimum absolute atomic E-state index is 0.0249. The maximum Gasteiger partial charge on any atom is 0.254 e. The second-order valence-electron chi connectivity index (χ2n) is 7.18. The highest BCUT2D eigenvalue weighted by Crippen LogP contribution is 2.36. The van der Waals surface area contributed by atoms with Crippen molar-refractivity contribution < 1.29 is 14.3 Å². The predicted octanol–water partition coefficient (Wildman–Crippen LogP) is 4.43. The van der Waals surface area contributed by atoms with Crippen molar-refractivity contribution in [2.45, 2.75) is 25.5 Å². The molecule has 1 heterocycles. The highest BCUT2D eigenvalue weighted by Gasteiger charge is 2.29. The Morgan fingerprint density at radius 1 is 1.10 bits per heavy atom. The summed E-state index contributed by atoms with van der Waals surface area (Å²) in [5.41, 5.74) is 4.15. The molecule has 0 radical (unpaired) electrons. The number of benzene rings is 2. The van der Waals surface area contributed by atoms with Crippen LogP contribution in [-0.2, 0) is 13.0 Å². The smallest absolute Gasteiger partial charge is 0.254 e. The van der Waals surface area contributed by atoms with E-state index in [1.807, 2.05) is 30.1 Å². The summed E-state index contributed by atoms with van der Waals surface area (Å²) in [6.07, 6.45) is 5.40. The van der Waals surface area contributed by atoms with E-state index in [4.69, 9.17) is 9.47 Å². The quantitative estimate of drug-likeness (QED) is 0.627. The Labute approximate surface area is 170 Å². The highest BCUT2D eigenvalue weighted by atomic mass is 16.5. The van der Waals surface area contributed by atoms with Crippen molar-refractivity contribution in [2.24, 2.45) is 0 Å². The standard InChI is InChI=1S/C24H24N2O3/c1-26(21-9-7-18-5-3-4-6-20(18)21)24(27)19-8-10-22(28-2)23(15-19)29-16-17-11-13-25-14-12-17/h3-6,8,10-15,21H,7,9,16H2,1-2H3/t21-/m1/s1. The van der Waals surface area contributed by atoms with Crippen LogP contribution in [-0.4, -0.2) is 29.9 Å². The van der Waals surface area contributed by atoms with Gasteiger partial charge >= 0.3 is 0 Å². The van der Waals surface area contributed by atoms with Crippen LogP contribution >= 0.6 is 0 Å². The summed E-state index contributed by atoms with van der Waals surface area (Å²) < 4.78 is 11.4. The number of aryl methyl sites for hydroxylation is 1. The average molecular weight is 388 g/mol. The maximum atomic E-state index is 13.2. The van der Waals surface area contributed by atoms with E-state index in [1.165, 1.54) is 11.1 Å². The fourth-order valence-electron chi connectivity index (χ4n) is 3.84. The number of carbonyl (C=O) groups is 1. The van der Waals surface area contributed by atoms with Gasteiger partial charge in [0.15, 0.2) is 11.5 Å². The molecule has 5 heteroatoms. The van der Waals surface area contributed by atoms with Crippen LogP contribution in [0, 0.1) is 0 Å². The van der Waals surface area contributed by atoms with Crippen LogP contribution < -0.4 is 9.47 Å². The van der Waals surface area contributed by atoms with E-state index >= 15 is 0 Å². The van der Waals surface area contributed by atoms with Crippen molar-refractivity contribution in [2.75, 3.05) is 14.2 Å². The summed E-state index contributed by atoms with van der Waals surface area (Å²) >= 11 is 0. The molecule has 1 atom stereocenters. The Kier molecular flexibility index (Phi) is 5.47. The molecular formula is C24H24N2O3. The predicted molar refractivity (Wildman–Crippen MR) is 111 cm³/mol. The zero-order chi connectivity index (χ0) is 20.2. The molecule has 3 aromatic rings. The maximum absolute atomic E-state index is 13.2. The van der Waals surface area contributed by atoms with Gasteiger partial charge in [-0.3, -0.25) is 9.78 Å². The first-order valence-corrected chi connectivity index (χ1v) is 9.72. The molecule has 0 saturated carbocycles. The lowest BCUT2D eigenvalue weighted by Crippen LogP contribution is -2.30. The van der Waals surface area contributed by atoms with E-state index in [9.17, 15) is 4.79 Å². The number of rotatable bonds is 6. The first kappa shape index (κ1) is 19.0. The fraction of sp³-hybridized carbons (Fsp3) is 0.250. The number of methoxy groups -OCH3 is 1. The van der Waals surface area contributed by atoms with Crippen molar-refractivity contribution >= 4 is 5.91 Å². The Balaban J connectivity index is 1.54. The molecule has 1 amide bonds. The third-order valence-electron chi connectivity index (χ3n) is 5.44. The molecule has 0 fully saturated rings. The first-order chi connectivity index (χ1) is 14.2. The molecule has 148 valence electrons. The van der Waals surface area contributed by atoms with Crippen LogP contribution in [0.1, 0.15) is 39.5 Å². The van der Waals surface area contributed by atoms with Gasteiger partial charge in [0.2, 0.25) is 0 Å². The van der Waals surface area contributed by atoms with Crippen molar-refractivity contribution in [3.63, 3.8) is 0 Å². The van der Waals surface area contributed by atoms with Gasteiger partial charge in [-0.1, -0.05) is 24.3 Å². The van der Waals surface area contributed by atoms with Gasteiger partial charge in [0.1, 0.15) is 6.61 Å². The van der Waals surface area contributed by atoms with Gasteiger partial charge in [0.25, 0.3) is 5.91 Å². The molecule has 1 aromatic heterocycles. The summed E-state index contributed by atoms with van der Waals surface area (Å²) in [5.74, 6) is 1.13. The number of hydrogen-bond acceptors (Lipinski definition) is 4. The van der Waals surface area contributed by atoms with Crippen molar-refractivity contribution in [1.82, 2.24) is 9.88 Å². The summed E-state index contributed by atoms with van der Waals surface area (Å²) in [6.45, 7) is 0.377. The second-order valence-corrected chi connectivity index (χ2v) is 7.18. The van der Waals surface area contributed by atoms with Crippen molar-refractivity contribution in [1.29, 1.82) is 0 Å². The monoisotopic (exact) mass is 388 g/mol. The van der Waals surface area contributed by atoms with Crippen molar-refractivity contribution in [3.8, 4) is 11.5 Å². The highest BCUT2D eigenvalue weighted by molar-refractivity contribution is 5.95. The number of pyridine rings is 1. The minimum Gasteiger partial charge on any atom is -0.493 e. The molecule has 5 nitrogen and oxygen atoms in total. The summed E-state index contributed by atoms with van der Waals surface area (Å²) in [5, 5.41) is 0. The third-order valence-corrected chi connectivity index (χ3v) is 5.44. The topological polar surface area (TPSA) is 51.7 Å². The molecule has 0 unspecified atom stereocenters. The molecular weight excluding hydrogens is 364 g/mol. The molecule has 0 aliphatic heterocycles. The van der Waals surface area contributed by atoms with E-state index in [2.05, 4.69) is 23.2 Å². The van der Waals surface area contributed by atoms with E-state index in [0.29, 0.717) is 23.7 Å². The third kappa shape index (κ3) is 3.94. The van der Waals surface area contributed by atoms with E-state index in [1.54, 1.807) is 37.7 Å². The van der Waals surface area contributed by atoms with E-state index in [0.717, 1.165) is 18.4 Å². The minimum atomic E-state index is -0.0249. The summed E-state index contributed by atoms with van der Waals surface area (Å²) in [4.78, 5) is 19.0. The lowest BCUT2D eigenvalue weighted by atomic mass is 10.1. The van der Waals surface area contributed by atoms with Gasteiger partial charge in [-0.25, -0.2) is 0 Å². The molecule has 2 aromatic carbocycles. The number of amides is 1. The van der Waals surface area contributed by atoms with Crippen LogP contribution in [0.2, 0.25) is 0 Å².